The molecule has 0 bridgehead atoms. The summed E-state index contributed by atoms with van der Waals surface area (Å²) in [6, 6.07) is 2.17. The number of nitrogens with one attached hydrogen (secondary N) is 1. The predicted octanol–water partition coefficient (Wildman–Crippen LogP) is 1.79. The maximum absolute atomic E-state index is 11.6. The van der Waals surface area contributed by atoms with Crippen molar-refractivity contribution in [2.24, 2.45) is 5.41 Å². The lowest BCUT2D eigenvalue weighted by Gasteiger charge is -2.21. The molecule has 4 heteroatoms. The molecule has 1 amide bonds. The summed E-state index contributed by atoms with van der Waals surface area (Å²) in [5.74, 6) is 0.713. The lowest BCUT2D eigenvalue weighted by molar-refractivity contribution is -0.127. The number of carbonyl (C=O) groups is 1. The largest absolute Gasteiger partial charge is 0.351 e. The van der Waals surface area contributed by atoms with Crippen molar-refractivity contribution in [3.63, 3.8) is 0 Å². The summed E-state index contributed by atoms with van der Waals surface area (Å²) in [4.78, 5) is 11.6. The standard InChI is InChI=1S/C10H18N2OS/c1-5-8(6-14-4)12-9(13)10(2,3)7-11/h8H,5-6H2,1-4H3,(H,12,13). The van der Waals surface area contributed by atoms with E-state index in [4.69, 9.17) is 5.26 Å². The van der Waals surface area contributed by atoms with Crippen LogP contribution in [0.1, 0.15) is 27.2 Å². The Morgan fingerprint density at radius 2 is 2.21 bits per heavy atom. The molecule has 1 unspecified atom stereocenters. The van der Waals surface area contributed by atoms with Gasteiger partial charge < -0.3 is 5.32 Å². The second-order valence-electron chi connectivity index (χ2n) is 3.77. The van der Waals surface area contributed by atoms with Crippen molar-refractivity contribution in [3.05, 3.63) is 0 Å². The van der Waals surface area contributed by atoms with Crippen molar-refractivity contribution in [3.8, 4) is 6.07 Å². The van der Waals surface area contributed by atoms with E-state index in [2.05, 4.69) is 5.32 Å². The van der Waals surface area contributed by atoms with Gasteiger partial charge in [-0.15, -0.1) is 0 Å². The molecule has 0 aromatic carbocycles. The minimum absolute atomic E-state index is 0.171. The first-order valence-electron chi connectivity index (χ1n) is 4.69. The summed E-state index contributed by atoms with van der Waals surface area (Å²) in [6.45, 7) is 5.29. The molecule has 0 radical (unpaired) electrons. The van der Waals surface area contributed by atoms with Crippen LogP contribution in [0.5, 0.6) is 0 Å². The van der Waals surface area contributed by atoms with Gasteiger partial charge in [0, 0.05) is 11.8 Å². The third-order valence-corrected chi connectivity index (χ3v) is 2.78. The zero-order valence-corrected chi connectivity index (χ0v) is 10.1. The van der Waals surface area contributed by atoms with Gasteiger partial charge >= 0.3 is 0 Å². The highest BCUT2D eigenvalue weighted by atomic mass is 32.2. The van der Waals surface area contributed by atoms with Gasteiger partial charge in [0.2, 0.25) is 5.91 Å². The summed E-state index contributed by atoms with van der Waals surface area (Å²) >= 11 is 1.70. The molecule has 1 atom stereocenters. The molecule has 3 nitrogen and oxygen atoms in total. The van der Waals surface area contributed by atoms with Crippen LogP contribution in [-0.2, 0) is 4.79 Å². The lowest BCUT2D eigenvalue weighted by atomic mass is 9.94. The molecule has 14 heavy (non-hydrogen) atoms. The van der Waals surface area contributed by atoms with Crippen LogP contribution in [-0.4, -0.2) is 24.0 Å². The third kappa shape index (κ3) is 4.01. The van der Waals surface area contributed by atoms with Crippen molar-refractivity contribution in [1.82, 2.24) is 5.32 Å². The molecule has 0 saturated carbocycles. The highest BCUT2D eigenvalue weighted by molar-refractivity contribution is 7.98. The molecule has 0 aromatic heterocycles. The van der Waals surface area contributed by atoms with Crippen molar-refractivity contribution in [2.45, 2.75) is 33.2 Å². The lowest BCUT2D eigenvalue weighted by Crippen LogP contribution is -2.43. The fourth-order valence-corrected chi connectivity index (χ4v) is 1.60. The summed E-state index contributed by atoms with van der Waals surface area (Å²) in [6.07, 6.45) is 2.90. The van der Waals surface area contributed by atoms with Crippen LogP contribution >= 0.6 is 11.8 Å². The molecule has 1 N–H and O–H groups in total. The molecule has 0 aliphatic rings. The number of hydrogen-bond donors (Lipinski definition) is 1. The molecular weight excluding hydrogens is 196 g/mol. The fourth-order valence-electron chi connectivity index (χ4n) is 0.879. The third-order valence-electron chi connectivity index (χ3n) is 2.04. The van der Waals surface area contributed by atoms with Gasteiger partial charge in [0.15, 0.2) is 0 Å². The van der Waals surface area contributed by atoms with Crippen molar-refractivity contribution in [1.29, 1.82) is 5.26 Å². The number of rotatable bonds is 5. The van der Waals surface area contributed by atoms with E-state index >= 15 is 0 Å². The number of thioether (sulfide) groups is 1. The predicted molar refractivity (Wildman–Crippen MR) is 60.0 cm³/mol. The Kier molecular flexibility index (Phi) is 5.63. The van der Waals surface area contributed by atoms with E-state index in [1.54, 1.807) is 25.6 Å². The van der Waals surface area contributed by atoms with E-state index in [9.17, 15) is 4.79 Å². The Morgan fingerprint density at radius 3 is 2.57 bits per heavy atom. The number of hydrogen-bond acceptors (Lipinski definition) is 3. The van der Waals surface area contributed by atoms with Crippen molar-refractivity contribution < 1.29 is 4.79 Å². The van der Waals surface area contributed by atoms with Crippen LogP contribution in [0.25, 0.3) is 0 Å². The Bertz CT molecular complexity index is 233. The Morgan fingerprint density at radius 1 is 1.64 bits per heavy atom. The smallest absolute Gasteiger partial charge is 0.240 e. The summed E-state index contributed by atoms with van der Waals surface area (Å²) < 4.78 is 0. The van der Waals surface area contributed by atoms with Gasteiger partial charge in [-0.25, -0.2) is 0 Å². The first kappa shape index (κ1) is 13.3. The van der Waals surface area contributed by atoms with Gasteiger partial charge in [-0.05, 0) is 26.5 Å². The molecule has 0 aliphatic carbocycles. The molecule has 0 heterocycles. The van der Waals surface area contributed by atoms with Gasteiger partial charge in [0.05, 0.1) is 6.07 Å². The van der Waals surface area contributed by atoms with E-state index in [0.29, 0.717) is 0 Å². The van der Waals surface area contributed by atoms with Crippen LogP contribution in [0.4, 0.5) is 0 Å². The topological polar surface area (TPSA) is 52.9 Å². The zero-order valence-electron chi connectivity index (χ0n) is 9.26. The van der Waals surface area contributed by atoms with Crippen LogP contribution < -0.4 is 5.32 Å². The van der Waals surface area contributed by atoms with Crippen LogP contribution in [0.2, 0.25) is 0 Å². The molecule has 0 aliphatic heterocycles. The highest BCUT2D eigenvalue weighted by Crippen LogP contribution is 2.14. The minimum Gasteiger partial charge on any atom is -0.351 e. The van der Waals surface area contributed by atoms with Gasteiger partial charge in [-0.1, -0.05) is 6.92 Å². The van der Waals surface area contributed by atoms with Crippen molar-refractivity contribution >= 4 is 17.7 Å². The fraction of sp³-hybridized carbons (Fsp3) is 0.800. The van der Waals surface area contributed by atoms with Gasteiger partial charge in [0.1, 0.15) is 5.41 Å². The molecule has 0 aromatic rings. The van der Waals surface area contributed by atoms with Crippen molar-refractivity contribution in [2.75, 3.05) is 12.0 Å². The number of nitrogens with zero attached hydrogens (tertiary/aromatic N) is 1. The Hall–Kier alpha value is -0.690. The van der Waals surface area contributed by atoms with Crippen LogP contribution in [0.15, 0.2) is 0 Å². The quantitative estimate of drug-likeness (QED) is 0.759. The molecule has 0 rings (SSSR count). The Labute approximate surface area is 90.3 Å². The normalized spacial score (nSPS) is 13.1. The van der Waals surface area contributed by atoms with E-state index < -0.39 is 5.41 Å². The maximum Gasteiger partial charge on any atom is 0.240 e. The Balaban J connectivity index is 4.24. The van der Waals surface area contributed by atoms with E-state index in [1.807, 2.05) is 19.2 Å². The number of amides is 1. The van der Waals surface area contributed by atoms with Crippen LogP contribution in [0, 0.1) is 16.7 Å². The SMILES string of the molecule is CCC(CSC)NC(=O)C(C)(C)C#N. The van der Waals surface area contributed by atoms with E-state index in [1.165, 1.54) is 0 Å². The van der Waals surface area contributed by atoms with Gasteiger partial charge in [-0.2, -0.15) is 17.0 Å². The monoisotopic (exact) mass is 214 g/mol. The van der Waals surface area contributed by atoms with E-state index in [0.717, 1.165) is 12.2 Å². The summed E-state index contributed by atoms with van der Waals surface area (Å²) in [7, 11) is 0. The minimum atomic E-state index is -0.925. The molecule has 0 saturated heterocycles. The summed E-state index contributed by atoms with van der Waals surface area (Å²) in [5.41, 5.74) is -0.925. The molecular formula is C10H18N2OS. The number of nitriles is 1. The first-order chi connectivity index (χ1) is 6.47. The molecule has 80 valence electrons. The van der Waals surface area contributed by atoms with Gasteiger partial charge in [0.25, 0.3) is 0 Å². The molecule has 0 spiro atoms. The highest BCUT2D eigenvalue weighted by Gasteiger charge is 2.28. The number of carbonyl (C=O) groups excluding carboxylic acids is 1. The second-order valence-corrected chi connectivity index (χ2v) is 4.68. The zero-order chi connectivity index (χ0) is 11.2. The van der Waals surface area contributed by atoms with Gasteiger partial charge in [-0.3, -0.25) is 4.79 Å². The van der Waals surface area contributed by atoms with E-state index in [-0.39, 0.29) is 11.9 Å². The summed E-state index contributed by atoms with van der Waals surface area (Å²) in [5, 5.41) is 11.6. The second kappa shape index (κ2) is 5.92. The van der Waals surface area contributed by atoms with Crippen LogP contribution in [0.3, 0.4) is 0 Å². The first-order valence-corrected chi connectivity index (χ1v) is 6.08. The maximum atomic E-state index is 11.6. The average molecular weight is 214 g/mol. The average Bonchev–Trinajstić information content (AvgIpc) is 2.16. The molecule has 0 fully saturated rings.